The Morgan fingerprint density at radius 1 is 1.38 bits per heavy atom. The zero-order valence-electron chi connectivity index (χ0n) is 11.6. The maximum absolute atomic E-state index is 12.1. The number of carbonyl (C=O) groups is 1. The second-order valence-electron chi connectivity index (χ2n) is 5.08. The first-order chi connectivity index (χ1) is 9.85. The molecule has 1 heterocycles. The molecule has 1 aliphatic heterocycles. The molecule has 0 radical (unpaired) electrons. The molecule has 1 aromatic carbocycles. The van der Waals surface area contributed by atoms with Crippen molar-refractivity contribution < 1.29 is 22.7 Å². The third-order valence-electron chi connectivity index (χ3n) is 3.36. The summed E-state index contributed by atoms with van der Waals surface area (Å²) in [6.45, 7) is 1.89. The number of hydrogen-bond donors (Lipinski definition) is 1. The van der Waals surface area contributed by atoms with E-state index in [-0.39, 0.29) is 17.6 Å². The number of carbonyl (C=O) groups excluding carboxylic acids is 1. The third-order valence-corrected chi connectivity index (χ3v) is 3.36. The SMILES string of the molecule is CN(Cc1ccc(OC(F)(F)F)cc1)C(=O)C1CCNC1. The maximum Gasteiger partial charge on any atom is 0.573 e. The summed E-state index contributed by atoms with van der Waals surface area (Å²) in [6, 6.07) is 5.55. The molecule has 21 heavy (non-hydrogen) atoms. The van der Waals surface area contributed by atoms with Gasteiger partial charge in [0.25, 0.3) is 0 Å². The van der Waals surface area contributed by atoms with Gasteiger partial charge in [-0.05, 0) is 30.7 Å². The first-order valence-corrected chi connectivity index (χ1v) is 6.65. The van der Waals surface area contributed by atoms with E-state index in [2.05, 4.69) is 10.1 Å². The Kier molecular flexibility index (Phi) is 4.72. The van der Waals surface area contributed by atoms with Gasteiger partial charge in [0, 0.05) is 20.1 Å². The summed E-state index contributed by atoms with van der Waals surface area (Å²) in [5.41, 5.74) is 0.756. The van der Waals surface area contributed by atoms with E-state index >= 15 is 0 Å². The van der Waals surface area contributed by atoms with Crippen molar-refractivity contribution in [3.05, 3.63) is 29.8 Å². The van der Waals surface area contributed by atoms with Crippen LogP contribution in [0.2, 0.25) is 0 Å². The van der Waals surface area contributed by atoms with Crippen LogP contribution in [-0.2, 0) is 11.3 Å². The molecule has 1 N–H and O–H groups in total. The van der Waals surface area contributed by atoms with Crippen LogP contribution in [0.3, 0.4) is 0 Å². The molecule has 1 aliphatic rings. The smallest absolute Gasteiger partial charge is 0.406 e. The molecule has 1 saturated heterocycles. The van der Waals surface area contributed by atoms with Crippen molar-refractivity contribution in [2.45, 2.75) is 19.3 Å². The lowest BCUT2D eigenvalue weighted by Gasteiger charge is -2.21. The molecular formula is C14H17F3N2O2. The van der Waals surface area contributed by atoms with Gasteiger partial charge >= 0.3 is 6.36 Å². The van der Waals surface area contributed by atoms with Crippen LogP contribution >= 0.6 is 0 Å². The topological polar surface area (TPSA) is 41.6 Å². The summed E-state index contributed by atoms with van der Waals surface area (Å²) in [4.78, 5) is 13.7. The fourth-order valence-corrected chi connectivity index (χ4v) is 2.33. The number of nitrogens with zero attached hydrogens (tertiary/aromatic N) is 1. The number of halogens is 3. The minimum atomic E-state index is -4.69. The van der Waals surface area contributed by atoms with Gasteiger partial charge in [-0.2, -0.15) is 0 Å². The number of rotatable bonds is 4. The van der Waals surface area contributed by atoms with Crippen LogP contribution in [0.4, 0.5) is 13.2 Å². The first-order valence-electron chi connectivity index (χ1n) is 6.65. The normalized spacial score (nSPS) is 18.6. The fraction of sp³-hybridized carbons (Fsp3) is 0.500. The van der Waals surface area contributed by atoms with Crippen LogP contribution in [0.5, 0.6) is 5.75 Å². The van der Waals surface area contributed by atoms with Gasteiger partial charge in [-0.1, -0.05) is 12.1 Å². The van der Waals surface area contributed by atoms with Crippen molar-refractivity contribution in [3.8, 4) is 5.75 Å². The standard InChI is InChI=1S/C14H17F3N2O2/c1-19(13(20)11-6-7-18-8-11)9-10-2-4-12(5-3-10)21-14(15,16)17/h2-5,11,18H,6-9H2,1H3. The van der Waals surface area contributed by atoms with Gasteiger partial charge in [0.05, 0.1) is 5.92 Å². The average molecular weight is 302 g/mol. The fourth-order valence-electron chi connectivity index (χ4n) is 2.33. The number of alkyl halides is 3. The van der Waals surface area contributed by atoms with Crippen LogP contribution in [0.15, 0.2) is 24.3 Å². The summed E-state index contributed by atoms with van der Waals surface area (Å²) in [7, 11) is 1.70. The Balaban J connectivity index is 1.91. The Bertz CT molecular complexity index is 482. The molecule has 0 spiro atoms. The summed E-state index contributed by atoms with van der Waals surface area (Å²) in [6.07, 6.45) is -3.87. The van der Waals surface area contributed by atoms with Crippen molar-refractivity contribution in [1.82, 2.24) is 10.2 Å². The molecule has 1 atom stereocenters. The summed E-state index contributed by atoms with van der Waals surface area (Å²) in [5.74, 6) is -0.223. The van der Waals surface area contributed by atoms with Crippen LogP contribution in [0.25, 0.3) is 0 Å². The molecular weight excluding hydrogens is 285 g/mol. The van der Waals surface area contributed by atoms with E-state index in [9.17, 15) is 18.0 Å². The molecule has 0 aromatic heterocycles. The van der Waals surface area contributed by atoms with Crippen LogP contribution < -0.4 is 10.1 Å². The molecule has 0 aliphatic carbocycles. The largest absolute Gasteiger partial charge is 0.573 e. The van der Waals surface area contributed by atoms with E-state index in [4.69, 9.17) is 0 Å². The van der Waals surface area contributed by atoms with Gasteiger partial charge in [0.1, 0.15) is 5.75 Å². The van der Waals surface area contributed by atoms with Crippen molar-refractivity contribution in [3.63, 3.8) is 0 Å². The van der Waals surface area contributed by atoms with Crippen LogP contribution in [0, 0.1) is 5.92 Å². The molecule has 7 heteroatoms. The van der Waals surface area contributed by atoms with E-state index in [1.165, 1.54) is 24.3 Å². The van der Waals surface area contributed by atoms with Gasteiger partial charge in [-0.3, -0.25) is 4.79 Å². The molecule has 1 unspecified atom stereocenters. The van der Waals surface area contributed by atoms with E-state index in [0.717, 1.165) is 18.5 Å². The summed E-state index contributed by atoms with van der Waals surface area (Å²) in [5, 5.41) is 3.13. The highest BCUT2D eigenvalue weighted by Crippen LogP contribution is 2.23. The minimum absolute atomic E-state index is 0.0113. The van der Waals surface area contributed by atoms with E-state index in [1.54, 1.807) is 11.9 Å². The molecule has 0 saturated carbocycles. The van der Waals surface area contributed by atoms with E-state index < -0.39 is 6.36 Å². The highest BCUT2D eigenvalue weighted by molar-refractivity contribution is 5.79. The maximum atomic E-state index is 12.1. The molecule has 4 nitrogen and oxygen atoms in total. The predicted molar refractivity (Wildman–Crippen MR) is 70.6 cm³/mol. The van der Waals surface area contributed by atoms with Crippen LogP contribution in [0.1, 0.15) is 12.0 Å². The molecule has 1 fully saturated rings. The molecule has 1 aromatic rings. The quantitative estimate of drug-likeness (QED) is 0.926. The van der Waals surface area contributed by atoms with Gasteiger partial charge in [0.15, 0.2) is 0 Å². The molecule has 2 rings (SSSR count). The third kappa shape index (κ3) is 4.63. The zero-order chi connectivity index (χ0) is 15.5. The van der Waals surface area contributed by atoms with Crippen molar-refractivity contribution >= 4 is 5.91 Å². The Morgan fingerprint density at radius 3 is 2.57 bits per heavy atom. The average Bonchev–Trinajstić information content (AvgIpc) is 2.92. The number of benzene rings is 1. The summed E-state index contributed by atoms with van der Waals surface area (Å²) < 4.78 is 40.0. The lowest BCUT2D eigenvalue weighted by atomic mass is 10.1. The minimum Gasteiger partial charge on any atom is -0.406 e. The van der Waals surface area contributed by atoms with Gasteiger partial charge in [0.2, 0.25) is 5.91 Å². The Labute approximate surface area is 120 Å². The highest BCUT2D eigenvalue weighted by atomic mass is 19.4. The second kappa shape index (κ2) is 6.34. The van der Waals surface area contributed by atoms with Crippen molar-refractivity contribution in [1.29, 1.82) is 0 Å². The van der Waals surface area contributed by atoms with Gasteiger partial charge in [-0.15, -0.1) is 13.2 Å². The number of hydrogen-bond acceptors (Lipinski definition) is 3. The molecule has 116 valence electrons. The van der Waals surface area contributed by atoms with Crippen molar-refractivity contribution in [2.24, 2.45) is 5.92 Å². The number of amides is 1. The van der Waals surface area contributed by atoms with E-state index in [0.29, 0.717) is 13.1 Å². The predicted octanol–water partition coefficient (Wildman–Crippen LogP) is 2.15. The first kappa shape index (κ1) is 15.6. The van der Waals surface area contributed by atoms with Gasteiger partial charge in [-0.25, -0.2) is 0 Å². The second-order valence-corrected chi connectivity index (χ2v) is 5.08. The number of ether oxygens (including phenoxy) is 1. The molecule has 1 amide bonds. The zero-order valence-corrected chi connectivity index (χ0v) is 11.6. The lowest BCUT2D eigenvalue weighted by Crippen LogP contribution is -2.33. The Hall–Kier alpha value is -1.76. The van der Waals surface area contributed by atoms with Gasteiger partial charge < -0.3 is 15.0 Å². The number of nitrogens with one attached hydrogen (secondary N) is 1. The molecule has 0 bridgehead atoms. The van der Waals surface area contributed by atoms with Crippen molar-refractivity contribution in [2.75, 3.05) is 20.1 Å². The summed E-state index contributed by atoms with van der Waals surface area (Å²) >= 11 is 0. The highest BCUT2D eigenvalue weighted by Gasteiger charge is 2.31. The van der Waals surface area contributed by atoms with Crippen LogP contribution in [-0.4, -0.2) is 37.3 Å². The lowest BCUT2D eigenvalue weighted by molar-refractivity contribution is -0.274. The van der Waals surface area contributed by atoms with E-state index in [1.807, 2.05) is 0 Å². The monoisotopic (exact) mass is 302 g/mol. The Morgan fingerprint density at radius 2 is 2.05 bits per heavy atom.